The fraction of sp³-hybridized carbons (Fsp3) is 0.276. The zero-order valence-corrected chi connectivity index (χ0v) is 23.6. The number of Topliss-reactive ketones (excluding diaryl/α,β-unsaturated/α-hetero) is 1. The third-order valence-electron chi connectivity index (χ3n) is 5.56. The Kier molecular flexibility index (Phi) is 12.5. The lowest BCUT2D eigenvalue weighted by Gasteiger charge is -2.24. The molecule has 13 heteroatoms. The van der Waals surface area contributed by atoms with Gasteiger partial charge in [-0.3, -0.25) is 25.8 Å². The van der Waals surface area contributed by atoms with Gasteiger partial charge in [0, 0.05) is 29.8 Å². The van der Waals surface area contributed by atoms with E-state index in [9.17, 15) is 22.8 Å². The van der Waals surface area contributed by atoms with Crippen molar-refractivity contribution in [1.29, 1.82) is 5.41 Å². The maximum Gasteiger partial charge on any atom is 0.449 e. The van der Waals surface area contributed by atoms with E-state index in [-0.39, 0.29) is 11.7 Å². The highest BCUT2D eigenvalue weighted by molar-refractivity contribution is 5.95. The van der Waals surface area contributed by atoms with Gasteiger partial charge in [-0.1, -0.05) is 25.1 Å². The average molecular weight is 590 g/mol. The summed E-state index contributed by atoms with van der Waals surface area (Å²) in [4.78, 5) is 22.8. The molecule has 6 N–H and O–H groups in total. The van der Waals surface area contributed by atoms with Gasteiger partial charge in [-0.25, -0.2) is 0 Å². The van der Waals surface area contributed by atoms with Crippen LogP contribution in [-0.2, 0) is 9.59 Å². The van der Waals surface area contributed by atoms with Crippen LogP contribution in [0.2, 0.25) is 0 Å². The second-order valence-electron chi connectivity index (χ2n) is 8.70. The number of ketones is 1. The maximum absolute atomic E-state index is 13.5. The first kappa shape index (κ1) is 33.3. The SMILES string of the molecule is CC(=O)C(F)(F)F.CCCOc1cc(OC)c(OC)cc1C(Nc1ccc(C(=N)N)cc1)C(=O)NNc1ccccc1. The largest absolute Gasteiger partial charge is 0.493 e. The van der Waals surface area contributed by atoms with Gasteiger partial charge in [0.15, 0.2) is 11.5 Å². The fourth-order valence-electron chi connectivity index (χ4n) is 3.36. The number of hydrogen-bond acceptors (Lipinski definition) is 8. The van der Waals surface area contributed by atoms with Crippen molar-refractivity contribution in [3.63, 3.8) is 0 Å². The molecule has 3 aromatic carbocycles. The zero-order chi connectivity index (χ0) is 31.3. The minimum Gasteiger partial charge on any atom is -0.493 e. The molecular weight excluding hydrogens is 555 g/mol. The molecular formula is C29H34F3N5O5. The quantitative estimate of drug-likeness (QED) is 0.110. The van der Waals surface area contributed by atoms with Gasteiger partial charge in [0.2, 0.25) is 5.78 Å². The number of nitrogen functional groups attached to an aromatic ring is 1. The number of amides is 1. The molecule has 0 saturated carbocycles. The van der Waals surface area contributed by atoms with Gasteiger partial charge in [-0.2, -0.15) is 13.2 Å². The molecule has 1 unspecified atom stereocenters. The Morgan fingerprint density at radius 2 is 1.50 bits per heavy atom. The van der Waals surface area contributed by atoms with Gasteiger partial charge in [0.1, 0.15) is 17.6 Å². The van der Waals surface area contributed by atoms with Crippen molar-refractivity contribution in [3.05, 3.63) is 77.9 Å². The first-order valence-electron chi connectivity index (χ1n) is 12.7. The normalized spacial score (nSPS) is 11.2. The lowest BCUT2D eigenvalue weighted by molar-refractivity contribution is -0.168. The molecule has 0 spiro atoms. The Bertz CT molecular complexity index is 1340. The third kappa shape index (κ3) is 9.91. The van der Waals surface area contributed by atoms with Crippen LogP contribution in [0.5, 0.6) is 17.2 Å². The number of nitrogens with one attached hydrogen (secondary N) is 4. The van der Waals surface area contributed by atoms with Gasteiger partial charge in [0.05, 0.1) is 26.5 Å². The number of rotatable bonds is 12. The molecule has 1 atom stereocenters. The van der Waals surface area contributed by atoms with E-state index in [1.807, 2.05) is 37.3 Å². The van der Waals surface area contributed by atoms with E-state index in [2.05, 4.69) is 16.2 Å². The van der Waals surface area contributed by atoms with Crippen LogP contribution in [0.3, 0.4) is 0 Å². The van der Waals surface area contributed by atoms with Crippen molar-refractivity contribution in [2.75, 3.05) is 31.6 Å². The van der Waals surface area contributed by atoms with Crippen molar-refractivity contribution in [3.8, 4) is 17.2 Å². The summed E-state index contributed by atoms with van der Waals surface area (Å²) in [6.45, 7) is 2.95. The molecule has 226 valence electrons. The van der Waals surface area contributed by atoms with Crippen LogP contribution in [0.15, 0.2) is 66.7 Å². The number of carbonyl (C=O) groups excluding carboxylic acids is 2. The molecule has 0 aliphatic rings. The van der Waals surface area contributed by atoms with E-state index in [4.69, 9.17) is 25.4 Å². The molecule has 3 rings (SSSR count). The van der Waals surface area contributed by atoms with Gasteiger partial charge in [-0.05, 0) is 48.9 Å². The highest BCUT2D eigenvalue weighted by Crippen LogP contribution is 2.39. The van der Waals surface area contributed by atoms with Crippen molar-refractivity contribution in [2.45, 2.75) is 32.5 Å². The Morgan fingerprint density at radius 3 is 2.00 bits per heavy atom. The number of amidine groups is 1. The number of nitrogens with two attached hydrogens (primary N) is 1. The van der Waals surface area contributed by atoms with Gasteiger partial charge >= 0.3 is 6.18 Å². The van der Waals surface area contributed by atoms with Crippen LogP contribution >= 0.6 is 0 Å². The number of anilines is 2. The summed E-state index contributed by atoms with van der Waals surface area (Å²) in [6.07, 6.45) is -3.85. The second kappa shape index (κ2) is 15.7. The average Bonchev–Trinajstić information content (AvgIpc) is 2.97. The highest BCUT2D eigenvalue weighted by Gasteiger charge is 2.33. The number of carbonyl (C=O) groups is 2. The molecule has 10 nitrogen and oxygen atoms in total. The van der Waals surface area contributed by atoms with E-state index in [1.54, 1.807) is 43.5 Å². The van der Waals surface area contributed by atoms with Gasteiger partial charge in [-0.15, -0.1) is 0 Å². The summed E-state index contributed by atoms with van der Waals surface area (Å²) >= 11 is 0. The molecule has 42 heavy (non-hydrogen) atoms. The van der Waals surface area contributed by atoms with Crippen molar-refractivity contribution >= 4 is 28.9 Å². The molecule has 3 aromatic rings. The van der Waals surface area contributed by atoms with E-state index >= 15 is 0 Å². The van der Waals surface area contributed by atoms with Crippen LogP contribution in [-0.4, -0.2) is 44.5 Å². The topological polar surface area (TPSA) is 148 Å². The predicted octanol–water partition coefficient (Wildman–Crippen LogP) is 5.21. The fourth-order valence-corrected chi connectivity index (χ4v) is 3.36. The van der Waals surface area contributed by atoms with Gasteiger partial charge in [0.25, 0.3) is 5.91 Å². The van der Waals surface area contributed by atoms with Crippen LogP contribution in [0, 0.1) is 5.41 Å². The number of alkyl halides is 3. The van der Waals surface area contributed by atoms with Gasteiger partial charge < -0.3 is 25.3 Å². The summed E-state index contributed by atoms with van der Waals surface area (Å²) in [5, 5.41) is 10.9. The third-order valence-corrected chi connectivity index (χ3v) is 5.56. The molecule has 0 radical (unpaired) electrons. The lowest BCUT2D eigenvalue weighted by Crippen LogP contribution is -2.37. The number of methoxy groups -OCH3 is 2. The molecule has 0 fully saturated rings. The standard InChI is InChI=1S/C26H31N5O4.C3H3F3O/c1-4-14-35-21-16-23(34-3)22(33-2)15-20(21)24(26(32)31-30-19-8-6-5-7-9-19)29-18-12-10-17(11-13-18)25(27)28;1-2(7)3(4,5)6/h5-13,15-16,24,29-30H,4,14H2,1-3H3,(H3,27,28)(H,31,32);1H3. The Labute approximate surface area is 241 Å². The number of benzene rings is 3. The summed E-state index contributed by atoms with van der Waals surface area (Å²) in [5.74, 6) is -0.681. The highest BCUT2D eigenvalue weighted by atomic mass is 19.4. The van der Waals surface area contributed by atoms with Crippen LogP contribution in [0.25, 0.3) is 0 Å². The molecule has 0 bridgehead atoms. The van der Waals surface area contributed by atoms with Crippen LogP contribution < -0.4 is 36.1 Å². The zero-order valence-electron chi connectivity index (χ0n) is 23.6. The predicted molar refractivity (Wildman–Crippen MR) is 154 cm³/mol. The monoisotopic (exact) mass is 589 g/mol. The Hall–Kier alpha value is -4.94. The summed E-state index contributed by atoms with van der Waals surface area (Å²) in [6, 6.07) is 18.8. The summed E-state index contributed by atoms with van der Waals surface area (Å²) in [7, 11) is 3.08. The first-order valence-corrected chi connectivity index (χ1v) is 12.7. The lowest BCUT2D eigenvalue weighted by atomic mass is 10.0. The van der Waals surface area contributed by atoms with E-state index in [0.717, 1.165) is 12.1 Å². The molecule has 0 saturated heterocycles. The van der Waals surface area contributed by atoms with Crippen molar-refractivity contribution < 1.29 is 37.0 Å². The van der Waals surface area contributed by atoms with E-state index in [1.165, 1.54) is 7.11 Å². The van der Waals surface area contributed by atoms with E-state index in [0.29, 0.717) is 47.6 Å². The summed E-state index contributed by atoms with van der Waals surface area (Å²) in [5.41, 5.74) is 13.8. The number of hydrogen-bond donors (Lipinski definition) is 5. The van der Waals surface area contributed by atoms with E-state index < -0.39 is 18.0 Å². The molecule has 0 aromatic heterocycles. The minimum absolute atomic E-state index is 0.0342. The number of hydrazine groups is 1. The Morgan fingerprint density at radius 1 is 0.929 bits per heavy atom. The smallest absolute Gasteiger partial charge is 0.449 e. The number of para-hydroxylation sites is 1. The first-order chi connectivity index (χ1) is 19.9. The van der Waals surface area contributed by atoms with Crippen LogP contribution in [0.1, 0.15) is 37.4 Å². The van der Waals surface area contributed by atoms with Crippen molar-refractivity contribution in [2.24, 2.45) is 5.73 Å². The molecule has 0 aliphatic heterocycles. The number of ether oxygens (including phenoxy) is 3. The summed E-state index contributed by atoms with van der Waals surface area (Å²) < 4.78 is 49.4. The molecule has 1 amide bonds. The Balaban J connectivity index is 0.000000782. The van der Waals surface area contributed by atoms with Crippen LogP contribution in [0.4, 0.5) is 24.5 Å². The molecule has 0 heterocycles. The minimum atomic E-state index is -4.64. The van der Waals surface area contributed by atoms with Crippen molar-refractivity contribution in [1.82, 2.24) is 5.43 Å². The maximum atomic E-state index is 13.5. The number of halogens is 3. The molecule has 0 aliphatic carbocycles. The second-order valence-corrected chi connectivity index (χ2v) is 8.70.